The third-order valence-corrected chi connectivity index (χ3v) is 14.3. The Hall–Kier alpha value is -8.63. The van der Waals surface area contributed by atoms with Crippen molar-refractivity contribution < 1.29 is 62.1 Å². The molecule has 0 saturated carbocycles. The van der Waals surface area contributed by atoms with Crippen LogP contribution in [-0.2, 0) is 50.0 Å². The fourth-order valence-electron chi connectivity index (χ4n) is 9.01. The van der Waals surface area contributed by atoms with Crippen molar-refractivity contribution in [1.29, 1.82) is 0 Å². The van der Waals surface area contributed by atoms with Crippen molar-refractivity contribution in [2.24, 2.45) is 17.2 Å². The molecule has 2 atom stereocenters. The molecule has 0 radical (unpaired) electrons. The predicted octanol–water partition coefficient (Wildman–Crippen LogP) is 2.40. The lowest BCUT2D eigenvalue weighted by Crippen LogP contribution is -2.55. The van der Waals surface area contributed by atoms with Crippen LogP contribution in [0.15, 0.2) is 46.9 Å². The lowest BCUT2D eigenvalue weighted by atomic mass is 10.1. The first-order valence-electron chi connectivity index (χ1n) is 25.3. The lowest BCUT2D eigenvalue weighted by molar-refractivity contribution is -0.146. The average Bonchev–Trinajstić information content (AvgIpc) is 4.41. The molecule has 8 rings (SSSR count). The number of thioether (sulfide) groups is 1. The Labute approximate surface area is 455 Å². The van der Waals surface area contributed by atoms with E-state index < -0.39 is 52.7 Å². The second-order valence-corrected chi connectivity index (χ2v) is 19.8. The molecule has 2 aliphatic heterocycles. The molecule has 4 aromatic heterocycles. The molecule has 28 heteroatoms. The largest absolute Gasteiger partial charge is 0.494 e. The third kappa shape index (κ3) is 12.6. The van der Waals surface area contributed by atoms with Gasteiger partial charge in [-0.25, -0.2) is 15.0 Å². The Balaban J connectivity index is 0.976. The van der Waals surface area contributed by atoms with Crippen LogP contribution in [0.3, 0.4) is 0 Å². The van der Waals surface area contributed by atoms with Gasteiger partial charge in [-0.2, -0.15) is 5.10 Å². The molecule has 2 aliphatic rings. The van der Waals surface area contributed by atoms with Gasteiger partial charge < -0.3 is 55.0 Å². The van der Waals surface area contributed by atoms with Gasteiger partial charge in [-0.15, -0.1) is 11.8 Å². The quantitative estimate of drug-likeness (QED) is 0.0258. The zero-order valence-corrected chi connectivity index (χ0v) is 44.8. The van der Waals surface area contributed by atoms with Crippen LogP contribution >= 0.6 is 11.8 Å². The number of aryl methyl sites for hydroxylation is 4. The fourth-order valence-corrected chi connectivity index (χ4v) is 10.1. The molecular weight excluding hydrogens is 1050 g/mol. The van der Waals surface area contributed by atoms with Gasteiger partial charge in [0.1, 0.15) is 34.3 Å². The van der Waals surface area contributed by atoms with Gasteiger partial charge in [0.05, 0.1) is 54.1 Å². The normalized spacial score (nSPS) is 15.1. The van der Waals surface area contributed by atoms with Crippen molar-refractivity contribution in [3.05, 3.63) is 82.3 Å². The van der Waals surface area contributed by atoms with E-state index >= 15 is 0 Å². The molecule has 0 spiro atoms. The van der Waals surface area contributed by atoms with Crippen molar-refractivity contribution in [2.45, 2.75) is 90.4 Å². The number of benzene rings is 2. The van der Waals surface area contributed by atoms with Crippen LogP contribution < -0.4 is 37.3 Å². The predicted molar refractivity (Wildman–Crippen MR) is 286 cm³/mol. The van der Waals surface area contributed by atoms with E-state index in [1.165, 1.54) is 31.4 Å². The van der Waals surface area contributed by atoms with Crippen LogP contribution in [0.2, 0.25) is 0 Å². The molecule has 0 aliphatic carbocycles. The number of imide groups is 1. The van der Waals surface area contributed by atoms with E-state index in [4.69, 9.17) is 45.9 Å². The minimum Gasteiger partial charge on any atom is -0.494 e. The minimum atomic E-state index is -1.21. The topological polar surface area (TPSA) is 373 Å². The number of carbonyl (C=O) groups is 8. The van der Waals surface area contributed by atoms with Crippen LogP contribution in [-0.4, -0.2) is 159 Å². The van der Waals surface area contributed by atoms with Crippen molar-refractivity contribution in [2.75, 3.05) is 56.3 Å². The highest BCUT2D eigenvalue weighted by Gasteiger charge is 2.40. The summed E-state index contributed by atoms with van der Waals surface area (Å²) < 4.78 is 28.7. The summed E-state index contributed by atoms with van der Waals surface area (Å²) in [6.45, 7) is 8.49. The second kappa shape index (κ2) is 24.4. The summed E-state index contributed by atoms with van der Waals surface area (Å²) in [5.41, 5.74) is 20.0. The van der Waals surface area contributed by atoms with Gasteiger partial charge in [-0.3, -0.25) is 58.6 Å². The van der Waals surface area contributed by atoms with E-state index in [0.717, 1.165) is 16.7 Å². The fraction of sp³-hybridized carbons (Fsp3) is 0.412. The monoisotopic (exact) mass is 1110 g/mol. The van der Waals surface area contributed by atoms with Gasteiger partial charge in [-0.05, 0) is 50.6 Å². The number of oxazole rings is 1. The number of fused-ring (bicyclic) bond motifs is 2. The number of nitrogens with one attached hydrogen (secondary N) is 2. The number of aromatic nitrogens is 7. The van der Waals surface area contributed by atoms with E-state index in [1.807, 2.05) is 13.8 Å². The molecule has 2 saturated heterocycles. The molecule has 9 N–H and O–H groups in total. The number of carbonyl (C=O) groups excluding carboxylic acids is 7. The summed E-state index contributed by atoms with van der Waals surface area (Å²) in [4.78, 5) is 118. The summed E-state index contributed by atoms with van der Waals surface area (Å²) >= 11 is 1.01. The zero-order chi connectivity index (χ0) is 56.8. The molecule has 7 amide bonds. The molecule has 2 aromatic carbocycles. The number of aliphatic carboxylic acids is 1. The van der Waals surface area contributed by atoms with E-state index in [1.54, 1.807) is 50.8 Å². The number of imidazole rings is 2. The first-order valence-corrected chi connectivity index (χ1v) is 26.3. The number of nitrogens with two attached hydrogens (primary N) is 3. The molecule has 79 heavy (non-hydrogen) atoms. The Morgan fingerprint density at radius 3 is 2.09 bits per heavy atom. The Kier molecular flexibility index (Phi) is 17.4. The summed E-state index contributed by atoms with van der Waals surface area (Å²) in [5.74, 6) is -4.02. The molecule has 2 fully saturated rings. The van der Waals surface area contributed by atoms with Crippen molar-refractivity contribution >= 4 is 93.0 Å². The lowest BCUT2D eigenvalue weighted by Gasteiger charge is -2.39. The molecular formula is C51H60N14O13S. The molecule has 27 nitrogen and oxygen atoms in total. The maximum absolute atomic E-state index is 13.9. The number of allylic oxidation sites excluding steroid dienone is 2. The van der Waals surface area contributed by atoms with Gasteiger partial charge >= 0.3 is 5.97 Å². The molecule has 0 bridgehead atoms. The van der Waals surface area contributed by atoms with Crippen LogP contribution in [0.25, 0.3) is 22.1 Å². The minimum absolute atomic E-state index is 0.00358. The first kappa shape index (κ1) is 56.6. The highest BCUT2D eigenvalue weighted by Crippen LogP contribution is 2.34. The van der Waals surface area contributed by atoms with Crippen molar-refractivity contribution in [3.8, 4) is 11.5 Å². The maximum atomic E-state index is 13.9. The number of hydrogen-bond acceptors (Lipinski definition) is 18. The number of carboxylic acids is 1. The molecule has 1 unspecified atom stereocenters. The van der Waals surface area contributed by atoms with Gasteiger partial charge in [-0.1, -0.05) is 19.1 Å². The average molecular weight is 1110 g/mol. The smallest absolute Gasteiger partial charge is 0.321 e. The zero-order valence-electron chi connectivity index (χ0n) is 44.0. The summed E-state index contributed by atoms with van der Waals surface area (Å²) in [5, 5.41) is 18.4. The summed E-state index contributed by atoms with van der Waals surface area (Å²) in [6, 6.07) is 6.42. The number of likely N-dealkylation sites (tertiary alicyclic amines) is 2. The standard InChI is InChI=1S/C51H60N14O13S/c1-6-32-43(78-27(4)55-32)47(71)59-51-57-34-19-29(45(54)69)21-37(77-16-10-15-76-30-23-61(24-30)39(66)11-14-62-40(67)22-38(48(62)72)79-25-31(52)49(73)74)42(34)64(51)13-9-8-12-63-41-33(18-28(44(53)68)20-36(41)75-5)56-50(63)58-46(70)35-17-26(3)60-65(35)7-2/h8-9,17-21,30-31,38H,6-7,10-16,22-25,52H2,1-5H3,(H2,53,68)(H2,54,69)(H,73,74)(H,56,58,70)(H,57,59,71)/b9-8+/t31-,38?/m0/s1. The SMILES string of the molecule is CCc1nc(C)oc1C(=O)Nc1nc2cc(C(N)=O)cc(OCCCOC3CN(C(=O)CCN4C(=O)CC(SC[C@H](N)C(=O)O)C4=O)C3)c2n1C/C=C/Cn1c(NC(=O)c2cc(C)nn2CC)nc2cc(C(N)=O)cc(OC)c21. The van der Waals surface area contributed by atoms with Crippen LogP contribution in [0.5, 0.6) is 11.5 Å². The van der Waals surface area contributed by atoms with E-state index in [9.17, 15) is 38.4 Å². The number of primary amides is 2. The number of nitrogens with zero attached hydrogens (tertiary/aromatic N) is 9. The number of rotatable bonds is 26. The van der Waals surface area contributed by atoms with E-state index in [0.29, 0.717) is 72.0 Å². The van der Waals surface area contributed by atoms with Crippen LogP contribution in [0.4, 0.5) is 11.9 Å². The van der Waals surface area contributed by atoms with E-state index in [2.05, 4.69) is 25.7 Å². The number of carboxylic acid groups (broad SMARTS) is 1. The Bertz CT molecular complexity index is 3410. The number of hydrogen-bond donors (Lipinski definition) is 6. The Morgan fingerprint density at radius 2 is 1.49 bits per heavy atom. The van der Waals surface area contributed by atoms with Crippen LogP contribution in [0.1, 0.15) is 92.1 Å². The molecule has 6 heterocycles. The van der Waals surface area contributed by atoms with Gasteiger partial charge in [0.25, 0.3) is 11.8 Å². The number of amides is 7. The second-order valence-electron chi connectivity index (χ2n) is 18.5. The summed E-state index contributed by atoms with van der Waals surface area (Å²) in [6.07, 6.45) is 3.89. The van der Waals surface area contributed by atoms with E-state index in [-0.39, 0.29) is 109 Å². The molecule has 6 aromatic rings. The first-order chi connectivity index (χ1) is 37.8. The summed E-state index contributed by atoms with van der Waals surface area (Å²) in [7, 11) is 1.43. The third-order valence-electron chi connectivity index (χ3n) is 13.0. The Morgan fingerprint density at radius 1 is 0.873 bits per heavy atom. The van der Waals surface area contributed by atoms with Gasteiger partial charge in [0.2, 0.25) is 47.2 Å². The molecule has 418 valence electrons. The highest BCUT2D eigenvalue weighted by atomic mass is 32.2. The maximum Gasteiger partial charge on any atom is 0.321 e. The van der Waals surface area contributed by atoms with Gasteiger partial charge in [0.15, 0.2) is 5.89 Å². The highest BCUT2D eigenvalue weighted by molar-refractivity contribution is 8.00. The number of ether oxygens (including phenoxy) is 3. The van der Waals surface area contributed by atoms with Gasteiger partial charge in [0, 0.05) is 82.3 Å². The number of anilines is 2. The van der Waals surface area contributed by atoms with Crippen molar-refractivity contribution in [3.63, 3.8) is 0 Å². The van der Waals surface area contributed by atoms with Crippen molar-refractivity contribution in [1.82, 2.24) is 43.7 Å². The number of methoxy groups -OCH3 is 1. The van der Waals surface area contributed by atoms with Crippen LogP contribution in [0, 0.1) is 13.8 Å².